The first kappa shape index (κ1) is 24.4. The number of carbonyl (C=O) groups is 2. The number of para-hydroxylation sites is 2. The van der Waals surface area contributed by atoms with Crippen molar-refractivity contribution in [2.75, 3.05) is 10.6 Å². The Kier molecular flexibility index (Phi) is 7.87. The molecule has 2 N–H and O–H groups in total. The van der Waals surface area contributed by atoms with Crippen LogP contribution in [0.3, 0.4) is 0 Å². The number of ether oxygens (including phenoxy) is 1. The van der Waals surface area contributed by atoms with E-state index >= 15 is 0 Å². The van der Waals surface area contributed by atoms with Crippen LogP contribution >= 0.6 is 0 Å². The molecule has 0 aliphatic heterocycles. The van der Waals surface area contributed by atoms with E-state index in [0.29, 0.717) is 11.4 Å². The van der Waals surface area contributed by atoms with Crippen LogP contribution in [0, 0.1) is 13.8 Å². The van der Waals surface area contributed by atoms with E-state index in [4.69, 9.17) is 4.74 Å². The summed E-state index contributed by atoms with van der Waals surface area (Å²) in [6.45, 7) is 4.16. The van der Waals surface area contributed by atoms with Gasteiger partial charge in [-0.25, -0.2) is 4.68 Å². The van der Waals surface area contributed by atoms with Gasteiger partial charge in [0, 0.05) is 17.5 Å². The summed E-state index contributed by atoms with van der Waals surface area (Å²) in [5.74, 6) is 0.321. The van der Waals surface area contributed by atoms with Gasteiger partial charge in [0.05, 0.1) is 6.20 Å². The molecule has 0 aliphatic rings. The fourth-order valence-electron chi connectivity index (χ4n) is 3.50. The predicted molar refractivity (Wildman–Crippen MR) is 139 cm³/mol. The van der Waals surface area contributed by atoms with E-state index < -0.39 is 0 Å². The Morgan fingerprint density at radius 2 is 1.72 bits per heavy atom. The van der Waals surface area contributed by atoms with Gasteiger partial charge in [0.15, 0.2) is 0 Å². The highest BCUT2D eigenvalue weighted by molar-refractivity contribution is 6.02. The minimum Gasteiger partial charge on any atom is -0.487 e. The van der Waals surface area contributed by atoms with E-state index in [-0.39, 0.29) is 25.0 Å². The highest BCUT2D eigenvalue weighted by atomic mass is 16.5. The monoisotopic (exact) mass is 481 g/mol. The van der Waals surface area contributed by atoms with Crippen molar-refractivity contribution in [2.24, 2.45) is 0 Å². The minimum absolute atomic E-state index is 0.0549. The molecule has 0 fully saturated rings. The summed E-state index contributed by atoms with van der Waals surface area (Å²) in [4.78, 5) is 24.4. The maximum Gasteiger partial charge on any atom is 0.248 e. The molecule has 1 heterocycles. The maximum absolute atomic E-state index is 12.2. The summed E-state index contributed by atoms with van der Waals surface area (Å²) in [6, 6.07) is 22.6. The largest absolute Gasteiger partial charge is 0.487 e. The summed E-state index contributed by atoms with van der Waals surface area (Å²) in [7, 11) is 0. The van der Waals surface area contributed by atoms with Gasteiger partial charge in [-0.3, -0.25) is 9.59 Å². The Morgan fingerprint density at radius 3 is 2.50 bits per heavy atom. The fourth-order valence-corrected chi connectivity index (χ4v) is 3.50. The van der Waals surface area contributed by atoms with Crippen molar-refractivity contribution in [3.05, 3.63) is 107 Å². The van der Waals surface area contributed by atoms with E-state index in [1.807, 2.05) is 86.6 Å². The molecular formula is C28H27N5O3. The first-order valence-electron chi connectivity index (χ1n) is 11.5. The number of amides is 2. The first-order valence-corrected chi connectivity index (χ1v) is 11.5. The minimum atomic E-state index is -0.192. The number of nitrogens with zero attached hydrogens (tertiary/aromatic N) is 3. The van der Waals surface area contributed by atoms with Crippen LogP contribution in [0.5, 0.6) is 5.75 Å². The third kappa shape index (κ3) is 6.89. The van der Waals surface area contributed by atoms with Gasteiger partial charge in [-0.05, 0) is 66.9 Å². The average Bonchev–Trinajstić information content (AvgIpc) is 3.31. The zero-order valence-corrected chi connectivity index (χ0v) is 20.1. The number of anilines is 2. The highest BCUT2D eigenvalue weighted by Gasteiger charge is 2.08. The van der Waals surface area contributed by atoms with Crippen molar-refractivity contribution in [1.82, 2.24) is 15.0 Å². The number of benzene rings is 3. The number of aryl methyl sites for hydroxylation is 2. The zero-order valence-electron chi connectivity index (χ0n) is 20.1. The van der Waals surface area contributed by atoms with Crippen molar-refractivity contribution in [3.8, 4) is 5.75 Å². The molecule has 0 aliphatic carbocycles. The van der Waals surface area contributed by atoms with Gasteiger partial charge in [-0.15, -0.1) is 5.10 Å². The van der Waals surface area contributed by atoms with E-state index in [1.54, 1.807) is 12.3 Å². The Bertz CT molecular complexity index is 1380. The Morgan fingerprint density at radius 1 is 0.944 bits per heavy atom. The van der Waals surface area contributed by atoms with Crippen LogP contribution in [-0.2, 0) is 22.7 Å². The van der Waals surface area contributed by atoms with Gasteiger partial charge in [0.25, 0.3) is 0 Å². The average molecular weight is 482 g/mol. The lowest BCUT2D eigenvalue weighted by molar-refractivity contribution is -0.117. The van der Waals surface area contributed by atoms with Gasteiger partial charge in [0.2, 0.25) is 11.8 Å². The summed E-state index contributed by atoms with van der Waals surface area (Å²) in [5.41, 5.74) is 4.94. The Labute approximate surface area is 209 Å². The van der Waals surface area contributed by atoms with E-state index in [9.17, 15) is 9.59 Å². The molecule has 0 bridgehead atoms. The molecule has 4 aromatic rings. The molecule has 4 rings (SSSR count). The van der Waals surface area contributed by atoms with Crippen LogP contribution in [0.4, 0.5) is 11.4 Å². The smallest absolute Gasteiger partial charge is 0.248 e. The van der Waals surface area contributed by atoms with Gasteiger partial charge in [0.1, 0.15) is 24.6 Å². The molecule has 0 radical (unpaired) electrons. The second-order valence-electron chi connectivity index (χ2n) is 8.27. The molecule has 36 heavy (non-hydrogen) atoms. The van der Waals surface area contributed by atoms with Gasteiger partial charge in [-0.1, -0.05) is 47.7 Å². The standard InChI is InChI=1S/C28H27N5O3/c1-20-8-6-7-11-25(20)30-27(34)15-13-22-12-14-26(21(2)16-22)36-19-24-17-33(32-31-24)18-28(35)29-23-9-4-3-5-10-23/h3-17H,18-19H2,1-2H3,(H,29,35)(H,30,34)/b15-13+. The summed E-state index contributed by atoms with van der Waals surface area (Å²) >= 11 is 0. The first-order chi connectivity index (χ1) is 17.5. The molecule has 8 heteroatoms. The lowest BCUT2D eigenvalue weighted by atomic mass is 10.1. The maximum atomic E-state index is 12.2. The zero-order chi connectivity index (χ0) is 25.3. The quantitative estimate of drug-likeness (QED) is 0.336. The second-order valence-corrected chi connectivity index (χ2v) is 8.27. The molecule has 182 valence electrons. The number of rotatable bonds is 9. The molecule has 0 saturated heterocycles. The van der Waals surface area contributed by atoms with Crippen molar-refractivity contribution in [2.45, 2.75) is 27.0 Å². The molecular weight excluding hydrogens is 454 g/mol. The Balaban J connectivity index is 1.28. The van der Waals surface area contributed by atoms with Gasteiger partial charge in [-0.2, -0.15) is 0 Å². The normalized spacial score (nSPS) is 10.8. The second kappa shape index (κ2) is 11.6. The van der Waals surface area contributed by atoms with Crippen LogP contribution < -0.4 is 15.4 Å². The van der Waals surface area contributed by atoms with Crippen molar-refractivity contribution >= 4 is 29.3 Å². The van der Waals surface area contributed by atoms with Crippen LogP contribution in [0.25, 0.3) is 6.08 Å². The van der Waals surface area contributed by atoms with Crippen LogP contribution in [0.15, 0.2) is 85.1 Å². The molecule has 0 spiro atoms. The van der Waals surface area contributed by atoms with Gasteiger partial charge >= 0.3 is 0 Å². The topological polar surface area (TPSA) is 98.1 Å². The lowest BCUT2D eigenvalue weighted by Gasteiger charge is -2.08. The fraction of sp³-hybridized carbons (Fsp3) is 0.143. The number of nitrogens with one attached hydrogen (secondary N) is 2. The summed E-state index contributed by atoms with van der Waals surface area (Å²) in [5, 5.41) is 13.8. The van der Waals surface area contributed by atoms with Crippen LogP contribution in [0.2, 0.25) is 0 Å². The van der Waals surface area contributed by atoms with E-state index in [1.165, 1.54) is 10.8 Å². The highest BCUT2D eigenvalue weighted by Crippen LogP contribution is 2.21. The molecule has 0 saturated carbocycles. The molecule has 0 atom stereocenters. The van der Waals surface area contributed by atoms with Gasteiger partial charge < -0.3 is 15.4 Å². The number of hydrogen-bond donors (Lipinski definition) is 2. The summed E-state index contributed by atoms with van der Waals surface area (Å²) in [6.07, 6.45) is 4.95. The van der Waals surface area contributed by atoms with Crippen LogP contribution in [0.1, 0.15) is 22.4 Å². The lowest BCUT2D eigenvalue weighted by Crippen LogP contribution is -2.19. The predicted octanol–water partition coefficient (Wildman–Crippen LogP) is 4.76. The summed E-state index contributed by atoms with van der Waals surface area (Å²) < 4.78 is 7.36. The van der Waals surface area contributed by atoms with Crippen LogP contribution in [-0.4, -0.2) is 26.8 Å². The third-order valence-corrected chi connectivity index (χ3v) is 5.35. The molecule has 3 aromatic carbocycles. The van der Waals surface area contributed by atoms with Crippen molar-refractivity contribution in [1.29, 1.82) is 0 Å². The number of carbonyl (C=O) groups excluding carboxylic acids is 2. The molecule has 2 amide bonds. The number of hydrogen-bond acceptors (Lipinski definition) is 5. The molecule has 1 aromatic heterocycles. The van der Waals surface area contributed by atoms with Crippen molar-refractivity contribution < 1.29 is 14.3 Å². The number of aromatic nitrogens is 3. The van der Waals surface area contributed by atoms with E-state index in [0.717, 1.165) is 28.1 Å². The molecule has 0 unspecified atom stereocenters. The SMILES string of the molecule is Cc1ccccc1NC(=O)/C=C/c1ccc(OCc2cn(CC(=O)Nc3ccccc3)nn2)c(C)c1. The third-order valence-electron chi connectivity index (χ3n) is 5.35. The molecule has 8 nitrogen and oxygen atoms in total. The Hall–Kier alpha value is -4.72. The van der Waals surface area contributed by atoms with Crippen molar-refractivity contribution in [3.63, 3.8) is 0 Å². The van der Waals surface area contributed by atoms with E-state index in [2.05, 4.69) is 20.9 Å².